The van der Waals surface area contributed by atoms with E-state index < -0.39 is 0 Å². The summed E-state index contributed by atoms with van der Waals surface area (Å²) in [4.78, 5) is 14.3. The number of piperidine rings is 2. The summed E-state index contributed by atoms with van der Waals surface area (Å²) in [6.07, 6.45) is 12.4. The molecular weight excluding hydrogens is 274 g/mol. The Labute approximate surface area is 132 Å². The van der Waals surface area contributed by atoms with Crippen molar-refractivity contribution < 1.29 is 0 Å². The monoisotopic (exact) mass is 299 g/mol. The average molecular weight is 299 g/mol. The van der Waals surface area contributed by atoms with Gasteiger partial charge in [-0.25, -0.2) is 4.98 Å². The first-order chi connectivity index (χ1) is 10.8. The van der Waals surface area contributed by atoms with Gasteiger partial charge in [-0.1, -0.05) is 0 Å². The second kappa shape index (κ2) is 5.88. The van der Waals surface area contributed by atoms with Crippen LogP contribution < -0.4 is 4.90 Å². The minimum absolute atomic E-state index is 0.575. The first-order valence-electron chi connectivity index (χ1n) is 8.58. The van der Waals surface area contributed by atoms with Gasteiger partial charge in [0.05, 0.1) is 17.4 Å². The van der Waals surface area contributed by atoms with Crippen LogP contribution in [0.2, 0.25) is 0 Å². The minimum Gasteiger partial charge on any atom is -0.342 e. The molecule has 0 N–H and O–H groups in total. The van der Waals surface area contributed by atoms with E-state index in [4.69, 9.17) is 9.97 Å². The Morgan fingerprint density at radius 2 is 1.77 bits per heavy atom. The van der Waals surface area contributed by atoms with Crippen molar-refractivity contribution in [3.63, 3.8) is 0 Å². The van der Waals surface area contributed by atoms with Crippen LogP contribution in [0.25, 0.3) is 5.52 Å². The van der Waals surface area contributed by atoms with Gasteiger partial charge in [-0.3, -0.25) is 9.38 Å². The summed E-state index contributed by atoms with van der Waals surface area (Å²) in [6, 6.07) is 0. The standard InChI is InChI=1S/C17H25N5/c1-20-10-5-14(6-11-20)16-15-13-19-17(22(15)12-7-18-16)21-8-3-2-4-9-21/h7,12-14H,2-6,8-11H2,1H3. The SMILES string of the molecule is CN1CCC(c2nccn3c(N4CCCCC4)ncc23)CC1. The highest BCUT2D eigenvalue weighted by Crippen LogP contribution is 2.30. The molecule has 2 fully saturated rings. The van der Waals surface area contributed by atoms with Gasteiger partial charge < -0.3 is 9.80 Å². The number of aromatic nitrogens is 3. The lowest BCUT2D eigenvalue weighted by atomic mass is 9.93. The lowest BCUT2D eigenvalue weighted by molar-refractivity contribution is 0.254. The van der Waals surface area contributed by atoms with Crippen molar-refractivity contribution in [2.45, 2.75) is 38.0 Å². The molecule has 0 saturated carbocycles. The maximum Gasteiger partial charge on any atom is 0.210 e. The summed E-state index contributed by atoms with van der Waals surface area (Å²) in [6.45, 7) is 4.59. The van der Waals surface area contributed by atoms with Gasteiger partial charge in [-0.15, -0.1) is 0 Å². The molecule has 0 atom stereocenters. The summed E-state index contributed by atoms with van der Waals surface area (Å²) in [7, 11) is 2.21. The molecular formula is C17H25N5. The number of rotatable bonds is 2. The molecule has 0 aromatic carbocycles. The molecule has 5 heteroatoms. The molecule has 2 aromatic rings. The number of fused-ring (bicyclic) bond motifs is 1. The summed E-state index contributed by atoms with van der Waals surface area (Å²) in [5.41, 5.74) is 2.45. The summed E-state index contributed by atoms with van der Waals surface area (Å²) in [5.74, 6) is 1.68. The fraction of sp³-hybridized carbons (Fsp3) is 0.647. The highest BCUT2D eigenvalue weighted by atomic mass is 15.3. The van der Waals surface area contributed by atoms with E-state index in [1.54, 1.807) is 0 Å². The predicted molar refractivity (Wildman–Crippen MR) is 88.5 cm³/mol. The third-order valence-electron chi connectivity index (χ3n) is 5.21. The predicted octanol–water partition coefficient (Wildman–Crippen LogP) is 2.53. The van der Waals surface area contributed by atoms with Crippen LogP contribution in [0.15, 0.2) is 18.6 Å². The van der Waals surface area contributed by atoms with E-state index in [1.165, 1.54) is 56.4 Å². The van der Waals surface area contributed by atoms with Crippen molar-refractivity contribution in [1.29, 1.82) is 0 Å². The van der Waals surface area contributed by atoms with E-state index in [2.05, 4.69) is 27.4 Å². The molecule has 4 rings (SSSR count). The number of likely N-dealkylation sites (tertiary alicyclic amines) is 1. The molecule has 0 spiro atoms. The Morgan fingerprint density at radius 1 is 1.00 bits per heavy atom. The van der Waals surface area contributed by atoms with Crippen LogP contribution in [0.4, 0.5) is 5.95 Å². The van der Waals surface area contributed by atoms with Crippen molar-refractivity contribution in [2.75, 3.05) is 38.1 Å². The van der Waals surface area contributed by atoms with Crippen LogP contribution in [0.5, 0.6) is 0 Å². The third-order valence-corrected chi connectivity index (χ3v) is 5.21. The third kappa shape index (κ3) is 2.47. The molecule has 2 aromatic heterocycles. The molecule has 0 unspecified atom stereocenters. The Bertz CT molecular complexity index is 636. The second-order valence-corrected chi connectivity index (χ2v) is 6.75. The Balaban J connectivity index is 1.67. The summed E-state index contributed by atoms with van der Waals surface area (Å²) in [5, 5.41) is 0. The molecule has 0 bridgehead atoms. The van der Waals surface area contributed by atoms with Crippen LogP contribution in [0.1, 0.15) is 43.7 Å². The second-order valence-electron chi connectivity index (χ2n) is 6.75. The van der Waals surface area contributed by atoms with Crippen LogP contribution in [-0.2, 0) is 0 Å². The van der Waals surface area contributed by atoms with Crippen LogP contribution in [0.3, 0.4) is 0 Å². The minimum atomic E-state index is 0.575. The maximum atomic E-state index is 4.73. The zero-order valence-electron chi connectivity index (χ0n) is 13.4. The van der Waals surface area contributed by atoms with Gasteiger partial charge in [0.1, 0.15) is 0 Å². The fourth-order valence-corrected chi connectivity index (χ4v) is 3.86. The number of nitrogens with zero attached hydrogens (tertiary/aromatic N) is 5. The lowest BCUT2D eigenvalue weighted by Crippen LogP contribution is -2.31. The molecule has 2 saturated heterocycles. The number of imidazole rings is 1. The molecule has 0 aliphatic carbocycles. The zero-order chi connectivity index (χ0) is 14.9. The molecule has 2 aliphatic rings. The molecule has 5 nitrogen and oxygen atoms in total. The Hall–Kier alpha value is -1.62. The van der Waals surface area contributed by atoms with E-state index in [9.17, 15) is 0 Å². The first-order valence-corrected chi connectivity index (χ1v) is 8.58. The normalized spacial score (nSPS) is 21.6. The van der Waals surface area contributed by atoms with Crippen molar-refractivity contribution in [3.05, 3.63) is 24.3 Å². The first kappa shape index (κ1) is 14.0. The van der Waals surface area contributed by atoms with Crippen LogP contribution in [-0.4, -0.2) is 52.5 Å². The lowest BCUT2D eigenvalue weighted by Gasteiger charge is -2.29. The van der Waals surface area contributed by atoms with Gasteiger partial charge in [0, 0.05) is 31.4 Å². The molecule has 118 valence electrons. The number of hydrogen-bond donors (Lipinski definition) is 0. The molecule has 2 aliphatic heterocycles. The fourth-order valence-electron chi connectivity index (χ4n) is 3.86. The Morgan fingerprint density at radius 3 is 2.55 bits per heavy atom. The quantitative estimate of drug-likeness (QED) is 0.854. The largest absolute Gasteiger partial charge is 0.342 e. The van der Waals surface area contributed by atoms with Gasteiger partial charge in [0.2, 0.25) is 5.95 Å². The van der Waals surface area contributed by atoms with Gasteiger partial charge in [-0.2, -0.15) is 0 Å². The van der Waals surface area contributed by atoms with Crippen molar-refractivity contribution >= 4 is 11.5 Å². The van der Waals surface area contributed by atoms with Crippen LogP contribution in [0, 0.1) is 0 Å². The van der Waals surface area contributed by atoms with Crippen molar-refractivity contribution in [2.24, 2.45) is 0 Å². The number of anilines is 1. The molecule has 22 heavy (non-hydrogen) atoms. The van der Waals surface area contributed by atoms with Gasteiger partial charge in [0.25, 0.3) is 0 Å². The smallest absolute Gasteiger partial charge is 0.210 e. The van der Waals surface area contributed by atoms with Crippen molar-refractivity contribution in [1.82, 2.24) is 19.3 Å². The van der Waals surface area contributed by atoms with E-state index >= 15 is 0 Å². The highest BCUT2D eigenvalue weighted by Gasteiger charge is 2.23. The van der Waals surface area contributed by atoms with Crippen LogP contribution >= 0.6 is 0 Å². The molecule has 0 amide bonds. The van der Waals surface area contributed by atoms with E-state index in [-0.39, 0.29) is 0 Å². The highest BCUT2D eigenvalue weighted by molar-refractivity contribution is 5.57. The maximum absolute atomic E-state index is 4.73. The van der Waals surface area contributed by atoms with Gasteiger partial charge in [0.15, 0.2) is 0 Å². The van der Waals surface area contributed by atoms with Gasteiger partial charge in [-0.05, 0) is 52.2 Å². The average Bonchev–Trinajstić information content (AvgIpc) is 3.00. The van der Waals surface area contributed by atoms with Gasteiger partial charge >= 0.3 is 0 Å². The van der Waals surface area contributed by atoms with Crippen molar-refractivity contribution in [3.8, 4) is 0 Å². The van der Waals surface area contributed by atoms with E-state index in [1.807, 2.05) is 12.4 Å². The van der Waals surface area contributed by atoms with E-state index in [0.717, 1.165) is 19.0 Å². The summed E-state index contributed by atoms with van der Waals surface area (Å²) >= 11 is 0. The Kier molecular flexibility index (Phi) is 3.74. The number of hydrogen-bond acceptors (Lipinski definition) is 4. The van der Waals surface area contributed by atoms with E-state index in [0.29, 0.717) is 5.92 Å². The topological polar surface area (TPSA) is 36.7 Å². The molecule has 0 radical (unpaired) electrons. The summed E-state index contributed by atoms with van der Waals surface area (Å²) < 4.78 is 2.26. The molecule has 4 heterocycles. The zero-order valence-corrected chi connectivity index (χ0v) is 13.4.